The molecule has 228 valence electrons. The van der Waals surface area contributed by atoms with Crippen molar-refractivity contribution >= 4 is 21.2 Å². The molecule has 0 spiro atoms. The lowest BCUT2D eigenvalue weighted by atomic mass is 9.74. The van der Waals surface area contributed by atoms with Crippen molar-refractivity contribution in [3.63, 3.8) is 0 Å². The monoisotopic (exact) mass is 624 g/mol. The average Bonchev–Trinajstić information content (AvgIpc) is 2.84. The van der Waals surface area contributed by atoms with Crippen molar-refractivity contribution in [1.82, 2.24) is 9.80 Å². The number of amides is 2. The highest BCUT2D eigenvalue weighted by atomic mass is 31.2. The zero-order chi connectivity index (χ0) is 31.2. The van der Waals surface area contributed by atoms with Gasteiger partial charge in [0, 0.05) is 41.7 Å². The molecule has 2 aromatic carbocycles. The summed E-state index contributed by atoms with van der Waals surface area (Å²) in [5, 5.41) is 0. The summed E-state index contributed by atoms with van der Waals surface area (Å²) in [4.78, 5) is 52.8. The minimum atomic E-state index is -5.76. The lowest BCUT2D eigenvalue weighted by Gasteiger charge is -2.51. The molecule has 0 saturated carbocycles. The van der Waals surface area contributed by atoms with E-state index in [0.717, 1.165) is 24.3 Å². The molecule has 1 aliphatic rings. The molecule has 41 heavy (non-hydrogen) atoms. The van der Waals surface area contributed by atoms with Crippen LogP contribution in [0.2, 0.25) is 0 Å². The minimum absolute atomic E-state index is 0.195. The van der Waals surface area contributed by atoms with Crippen LogP contribution in [0.3, 0.4) is 0 Å². The van der Waals surface area contributed by atoms with Gasteiger partial charge in [0.25, 0.3) is 0 Å². The molecule has 9 nitrogen and oxygen atoms in total. The standard InChI is InChI=1S/C26H34F4N2O7P2/c1-17(2)31-15-24(16-32(18(3)4)23(31)33,13-19-5-9-21(10-6-19)25(27,28)40(34,35)36)14-20-7-11-22(12-8-20)26(29,30)41(37,38)39/h5-12,17-18H,13-16H2,1-4H3,(H2,34,35,36)(H2,37,38,39). The molecule has 3 rings (SSSR count). The van der Waals surface area contributed by atoms with E-state index in [1.54, 1.807) is 9.80 Å². The predicted molar refractivity (Wildman–Crippen MR) is 144 cm³/mol. The van der Waals surface area contributed by atoms with Crippen LogP contribution in [-0.2, 0) is 33.3 Å². The second kappa shape index (κ2) is 11.4. The molecule has 4 N–H and O–H groups in total. The third-order valence-electron chi connectivity index (χ3n) is 7.24. The molecule has 1 heterocycles. The van der Waals surface area contributed by atoms with E-state index in [1.807, 2.05) is 27.7 Å². The number of alkyl halides is 4. The number of halogens is 4. The average molecular weight is 625 g/mol. The summed E-state index contributed by atoms with van der Waals surface area (Å²) in [5.74, 6) is 0. The first-order valence-electron chi connectivity index (χ1n) is 12.7. The molecule has 1 aliphatic heterocycles. The number of rotatable bonds is 10. The Kier molecular flexibility index (Phi) is 9.27. The van der Waals surface area contributed by atoms with Gasteiger partial charge in [-0.05, 0) is 51.7 Å². The van der Waals surface area contributed by atoms with E-state index < -0.39 is 43.1 Å². The van der Waals surface area contributed by atoms with E-state index in [-0.39, 0.29) is 44.0 Å². The topological polar surface area (TPSA) is 139 Å². The Balaban J connectivity index is 2.04. The van der Waals surface area contributed by atoms with Crippen LogP contribution in [0.15, 0.2) is 48.5 Å². The lowest BCUT2D eigenvalue weighted by molar-refractivity contribution is 0.0270. The minimum Gasteiger partial charge on any atom is -0.322 e. The van der Waals surface area contributed by atoms with Crippen LogP contribution in [0.5, 0.6) is 0 Å². The maximum absolute atomic E-state index is 14.2. The van der Waals surface area contributed by atoms with Crippen LogP contribution >= 0.6 is 15.2 Å². The Hall–Kier alpha value is -2.27. The van der Waals surface area contributed by atoms with E-state index in [4.69, 9.17) is 19.6 Å². The molecular formula is C26H34F4N2O7P2. The number of carbonyl (C=O) groups is 1. The van der Waals surface area contributed by atoms with Crippen LogP contribution in [0.25, 0.3) is 0 Å². The van der Waals surface area contributed by atoms with E-state index in [1.165, 1.54) is 24.3 Å². The second-order valence-electron chi connectivity index (χ2n) is 11.1. The largest absolute Gasteiger partial charge is 0.399 e. The first kappa shape index (κ1) is 33.2. The quantitative estimate of drug-likeness (QED) is 0.203. The third kappa shape index (κ3) is 6.87. The Bertz CT molecular complexity index is 1240. The Morgan fingerprint density at radius 3 is 1.24 bits per heavy atom. The Labute approximate surface area is 235 Å². The lowest BCUT2D eigenvalue weighted by Crippen LogP contribution is -2.63. The van der Waals surface area contributed by atoms with Crippen molar-refractivity contribution in [3.05, 3.63) is 70.8 Å². The summed E-state index contributed by atoms with van der Waals surface area (Å²) in [6.45, 7) is 7.81. The summed E-state index contributed by atoms with van der Waals surface area (Å²) < 4.78 is 79.4. The van der Waals surface area contributed by atoms with E-state index in [9.17, 15) is 31.5 Å². The number of hydrogen-bond donors (Lipinski definition) is 4. The fourth-order valence-corrected chi connectivity index (χ4v) is 5.99. The predicted octanol–water partition coefficient (Wildman–Crippen LogP) is 5.47. The van der Waals surface area contributed by atoms with Gasteiger partial charge in [0.15, 0.2) is 0 Å². The number of nitrogens with zero attached hydrogens (tertiary/aromatic N) is 2. The smallest absolute Gasteiger partial charge is 0.322 e. The number of benzene rings is 2. The van der Waals surface area contributed by atoms with Crippen LogP contribution in [-0.4, -0.2) is 60.6 Å². The molecule has 0 atom stereocenters. The first-order chi connectivity index (χ1) is 18.6. The molecule has 0 radical (unpaired) electrons. The maximum atomic E-state index is 14.2. The molecular weight excluding hydrogens is 590 g/mol. The SMILES string of the molecule is CC(C)N1CC(Cc2ccc(C(F)(F)P(=O)(O)O)cc2)(Cc2ccc(C(F)(F)P(=O)(O)O)cc2)CN(C(C)C)C1=O. The first-order valence-corrected chi connectivity index (χ1v) is 16.0. The van der Waals surface area contributed by atoms with Crippen molar-refractivity contribution in [1.29, 1.82) is 0 Å². The van der Waals surface area contributed by atoms with Crippen LogP contribution in [0.4, 0.5) is 22.4 Å². The molecule has 0 aliphatic carbocycles. The molecule has 0 unspecified atom stereocenters. The summed E-state index contributed by atoms with van der Waals surface area (Å²) >= 11 is 0. The normalized spacial score (nSPS) is 17.1. The second-order valence-corrected chi connectivity index (χ2v) is 14.4. The maximum Gasteiger partial charge on any atom is 0.399 e. The molecule has 2 aromatic rings. The van der Waals surface area contributed by atoms with Gasteiger partial charge >= 0.3 is 32.5 Å². The van der Waals surface area contributed by atoms with Crippen molar-refractivity contribution in [2.75, 3.05) is 13.1 Å². The van der Waals surface area contributed by atoms with Gasteiger partial charge in [-0.3, -0.25) is 9.13 Å². The fraction of sp³-hybridized carbons (Fsp3) is 0.500. The third-order valence-corrected chi connectivity index (χ3v) is 9.22. The van der Waals surface area contributed by atoms with Crippen molar-refractivity contribution < 1.29 is 51.1 Å². The Morgan fingerprint density at radius 2 is 1.00 bits per heavy atom. The van der Waals surface area contributed by atoms with Crippen LogP contribution in [0, 0.1) is 5.41 Å². The van der Waals surface area contributed by atoms with Gasteiger partial charge in [0.1, 0.15) is 0 Å². The van der Waals surface area contributed by atoms with Gasteiger partial charge in [-0.25, -0.2) is 4.79 Å². The Morgan fingerprint density at radius 1 is 0.707 bits per heavy atom. The number of hydrogen-bond acceptors (Lipinski definition) is 3. The van der Waals surface area contributed by atoms with Crippen molar-refractivity contribution in [2.24, 2.45) is 5.41 Å². The zero-order valence-corrected chi connectivity index (χ0v) is 24.7. The molecule has 15 heteroatoms. The summed E-state index contributed by atoms with van der Waals surface area (Å²) in [7, 11) is -11.5. The summed E-state index contributed by atoms with van der Waals surface area (Å²) in [6, 6.07) is 8.48. The molecule has 2 amide bonds. The molecule has 0 aromatic heterocycles. The summed E-state index contributed by atoms with van der Waals surface area (Å²) in [5.41, 5.74) is -10.1. The van der Waals surface area contributed by atoms with Gasteiger partial charge in [-0.15, -0.1) is 0 Å². The van der Waals surface area contributed by atoms with Crippen molar-refractivity contribution in [2.45, 2.75) is 63.9 Å². The highest BCUT2D eigenvalue weighted by molar-refractivity contribution is 7.52. The van der Waals surface area contributed by atoms with Gasteiger partial charge in [0.05, 0.1) is 0 Å². The number of urea groups is 1. The van der Waals surface area contributed by atoms with E-state index in [2.05, 4.69) is 0 Å². The van der Waals surface area contributed by atoms with Gasteiger partial charge in [0.2, 0.25) is 0 Å². The zero-order valence-electron chi connectivity index (χ0n) is 22.9. The van der Waals surface area contributed by atoms with Crippen molar-refractivity contribution in [3.8, 4) is 0 Å². The fourth-order valence-electron chi connectivity index (χ4n) is 5.01. The van der Waals surface area contributed by atoms with E-state index >= 15 is 0 Å². The number of carbonyl (C=O) groups excluding carboxylic acids is 1. The highest BCUT2D eigenvalue weighted by Gasteiger charge is 2.51. The molecule has 1 saturated heterocycles. The van der Waals surface area contributed by atoms with E-state index in [0.29, 0.717) is 11.1 Å². The van der Waals surface area contributed by atoms with Crippen LogP contribution < -0.4 is 0 Å². The molecule has 0 bridgehead atoms. The van der Waals surface area contributed by atoms with Gasteiger partial charge in [-0.1, -0.05) is 48.5 Å². The molecule has 1 fully saturated rings. The highest BCUT2D eigenvalue weighted by Crippen LogP contribution is 2.60. The summed E-state index contributed by atoms with van der Waals surface area (Å²) in [6.07, 6.45) is 0.462. The van der Waals surface area contributed by atoms with Gasteiger partial charge in [-0.2, -0.15) is 17.6 Å². The van der Waals surface area contributed by atoms with Crippen LogP contribution in [0.1, 0.15) is 49.9 Å². The van der Waals surface area contributed by atoms with Gasteiger partial charge < -0.3 is 29.4 Å².